The van der Waals surface area contributed by atoms with Gasteiger partial charge in [0.1, 0.15) is 0 Å². The van der Waals surface area contributed by atoms with E-state index in [1.54, 1.807) is 0 Å². The number of carboxylic acids is 1. The van der Waals surface area contributed by atoms with Gasteiger partial charge in [0.15, 0.2) is 0 Å². The van der Waals surface area contributed by atoms with Gasteiger partial charge in [-0.05, 0) is 32.3 Å². The van der Waals surface area contributed by atoms with Crippen LogP contribution in [-0.2, 0) is 11.2 Å². The molecular weight excluding hydrogens is 288 g/mol. The van der Waals surface area contributed by atoms with Crippen LogP contribution in [0.1, 0.15) is 95.6 Å². The third-order valence-corrected chi connectivity index (χ3v) is 4.04. The van der Waals surface area contributed by atoms with Crippen molar-refractivity contribution in [3.8, 4) is 0 Å². The van der Waals surface area contributed by atoms with Gasteiger partial charge in [0.25, 0.3) is 0 Å². The molecule has 4 nitrogen and oxygen atoms in total. The summed E-state index contributed by atoms with van der Waals surface area (Å²) in [5.74, 6) is -0.751. The van der Waals surface area contributed by atoms with Crippen LogP contribution in [0, 0.1) is 13.8 Å². The fourth-order valence-electron chi connectivity index (χ4n) is 2.80. The van der Waals surface area contributed by atoms with Crippen molar-refractivity contribution in [1.82, 2.24) is 9.78 Å². The predicted octanol–water partition coefficient (Wildman–Crippen LogP) is 5.46. The zero-order chi connectivity index (χ0) is 17.8. The summed E-state index contributed by atoms with van der Waals surface area (Å²) in [5.41, 5.74) is 3.34. The number of rotatable bonds is 4. The van der Waals surface area contributed by atoms with E-state index < -0.39 is 5.97 Å². The smallest absolute Gasteiger partial charge is 0.303 e. The average Bonchev–Trinajstić information content (AvgIpc) is 2.84. The van der Waals surface area contributed by atoms with Crippen molar-refractivity contribution in [1.29, 1.82) is 0 Å². The van der Waals surface area contributed by atoms with E-state index in [9.17, 15) is 4.79 Å². The Morgan fingerprint density at radius 2 is 1.70 bits per heavy atom. The van der Waals surface area contributed by atoms with Crippen LogP contribution in [0.5, 0.6) is 0 Å². The summed E-state index contributed by atoms with van der Waals surface area (Å²) in [7, 11) is 0. The molecule has 4 heteroatoms. The lowest BCUT2D eigenvalue weighted by molar-refractivity contribution is -0.136. The van der Waals surface area contributed by atoms with E-state index >= 15 is 0 Å². The average molecular weight is 325 g/mol. The van der Waals surface area contributed by atoms with Crippen LogP contribution in [0.3, 0.4) is 0 Å². The predicted molar refractivity (Wildman–Crippen MR) is 97.1 cm³/mol. The van der Waals surface area contributed by atoms with Crippen molar-refractivity contribution < 1.29 is 9.90 Å². The molecule has 0 unspecified atom stereocenters. The normalized spacial score (nSPS) is 14.3. The lowest BCUT2D eigenvalue weighted by Gasteiger charge is -2.23. The highest BCUT2D eigenvalue weighted by molar-refractivity contribution is 5.67. The Kier molecular flexibility index (Phi) is 11.4. The van der Waals surface area contributed by atoms with Gasteiger partial charge in [-0.25, -0.2) is 0 Å². The van der Waals surface area contributed by atoms with Crippen LogP contribution in [0.2, 0.25) is 0 Å². The molecule has 0 radical (unpaired) electrons. The summed E-state index contributed by atoms with van der Waals surface area (Å²) in [5, 5.41) is 13.4. The minimum atomic E-state index is -0.751. The third-order valence-electron chi connectivity index (χ3n) is 4.04. The first-order valence-electron chi connectivity index (χ1n) is 9.27. The number of carboxylic acid groups (broad SMARTS) is 1. The highest BCUT2D eigenvalue weighted by atomic mass is 16.4. The molecule has 134 valence electrons. The molecule has 0 saturated heterocycles. The molecule has 1 heterocycles. The molecule has 0 spiro atoms. The maximum atomic E-state index is 10.6. The number of hydrogen-bond donors (Lipinski definition) is 1. The first-order valence-corrected chi connectivity index (χ1v) is 9.27. The summed E-state index contributed by atoms with van der Waals surface area (Å²) in [6.07, 6.45) is 8.28. The number of aliphatic carboxylic acids is 1. The third kappa shape index (κ3) is 7.19. The summed E-state index contributed by atoms with van der Waals surface area (Å²) >= 11 is 0. The quantitative estimate of drug-likeness (QED) is 0.799. The topological polar surface area (TPSA) is 55.1 Å². The Morgan fingerprint density at radius 1 is 1.17 bits per heavy atom. The van der Waals surface area contributed by atoms with Gasteiger partial charge in [0, 0.05) is 12.1 Å². The first-order chi connectivity index (χ1) is 11.0. The molecule has 0 bridgehead atoms. The van der Waals surface area contributed by atoms with Gasteiger partial charge in [-0.3, -0.25) is 9.48 Å². The van der Waals surface area contributed by atoms with Gasteiger partial charge >= 0.3 is 5.97 Å². The van der Waals surface area contributed by atoms with E-state index in [4.69, 9.17) is 5.11 Å². The molecule has 1 fully saturated rings. The molecule has 2 rings (SSSR count). The fourth-order valence-corrected chi connectivity index (χ4v) is 2.80. The summed E-state index contributed by atoms with van der Waals surface area (Å²) in [4.78, 5) is 10.6. The number of nitrogens with zero attached hydrogens (tertiary/aromatic N) is 2. The SMILES string of the molecule is CC.CCC.Cc1c(CCC(=O)O)nn(C2CCCCC2)c1C. The van der Waals surface area contributed by atoms with E-state index in [0.29, 0.717) is 12.5 Å². The molecular formula is C19H36N2O2. The maximum Gasteiger partial charge on any atom is 0.303 e. The van der Waals surface area contributed by atoms with Gasteiger partial charge < -0.3 is 5.11 Å². The molecule has 1 aromatic rings. The van der Waals surface area contributed by atoms with Crippen LogP contribution >= 0.6 is 0 Å². The Balaban J connectivity index is 0.000000868. The van der Waals surface area contributed by atoms with E-state index in [1.807, 2.05) is 13.8 Å². The summed E-state index contributed by atoms with van der Waals surface area (Å²) in [6.45, 7) is 12.4. The second-order valence-electron chi connectivity index (χ2n) is 5.99. The van der Waals surface area contributed by atoms with Crippen LogP contribution in [0.4, 0.5) is 0 Å². The number of hydrogen-bond acceptors (Lipinski definition) is 2. The van der Waals surface area contributed by atoms with Gasteiger partial charge in [-0.15, -0.1) is 0 Å². The molecule has 23 heavy (non-hydrogen) atoms. The molecule has 1 aromatic heterocycles. The van der Waals surface area contributed by atoms with E-state index in [0.717, 1.165) is 5.69 Å². The van der Waals surface area contributed by atoms with Crippen molar-refractivity contribution in [2.24, 2.45) is 0 Å². The zero-order valence-electron chi connectivity index (χ0n) is 16.0. The summed E-state index contributed by atoms with van der Waals surface area (Å²) in [6, 6.07) is 0.524. The van der Waals surface area contributed by atoms with Crippen LogP contribution in [-0.4, -0.2) is 20.9 Å². The second-order valence-corrected chi connectivity index (χ2v) is 5.99. The van der Waals surface area contributed by atoms with Crippen LogP contribution < -0.4 is 0 Å². The van der Waals surface area contributed by atoms with Crippen molar-refractivity contribution >= 4 is 5.97 Å². The van der Waals surface area contributed by atoms with Gasteiger partial charge in [-0.2, -0.15) is 5.10 Å². The lowest BCUT2D eigenvalue weighted by Crippen LogP contribution is -2.15. The maximum absolute atomic E-state index is 10.6. The standard InChI is InChI=1S/C14H22N2O2.C3H8.C2H6/c1-10-11(2)16(12-6-4-3-5-7-12)15-13(10)8-9-14(17)18;1-3-2;1-2/h12H,3-9H2,1-2H3,(H,17,18);3H2,1-2H3;1-2H3. The molecule has 1 aliphatic rings. The number of carbonyl (C=O) groups is 1. The Labute approximate surface area is 142 Å². The van der Waals surface area contributed by atoms with E-state index in [1.165, 1.54) is 49.8 Å². The van der Waals surface area contributed by atoms with Gasteiger partial charge in [0.05, 0.1) is 18.2 Å². The molecule has 0 amide bonds. The lowest BCUT2D eigenvalue weighted by atomic mass is 9.95. The monoisotopic (exact) mass is 324 g/mol. The van der Waals surface area contributed by atoms with E-state index in [2.05, 4.69) is 37.5 Å². The number of aryl methyl sites for hydroxylation is 1. The summed E-state index contributed by atoms with van der Waals surface area (Å²) < 4.78 is 2.14. The molecule has 0 aliphatic heterocycles. The first kappa shape index (κ1) is 21.7. The minimum absolute atomic E-state index is 0.169. The zero-order valence-corrected chi connectivity index (χ0v) is 16.0. The molecule has 1 saturated carbocycles. The van der Waals surface area contributed by atoms with Crippen molar-refractivity contribution in [2.45, 2.75) is 99.0 Å². The van der Waals surface area contributed by atoms with Crippen molar-refractivity contribution in [3.63, 3.8) is 0 Å². The van der Waals surface area contributed by atoms with Crippen molar-refractivity contribution in [2.75, 3.05) is 0 Å². The van der Waals surface area contributed by atoms with Crippen molar-refractivity contribution in [3.05, 3.63) is 17.0 Å². The molecule has 0 atom stereocenters. The minimum Gasteiger partial charge on any atom is -0.481 e. The van der Waals surface area contributed by atoms with Crippen LogP contribution in [0.25, 0.3) is 0 Å². The Bertz CT molecular complexity index is 446. The Hall–Kier alpha value is -1.32. The second kappa shape index (κ2) is 12.1. The highest BCUT2D eigenvalue weighted by Gasteiger charge is 2.20. The fraction of sp³-hybridized carbons (Fsp3) is 0.789. The van der Waals surface area contributed by atoms with E-state index in [-0.39, 0.29) is 6.42 Å². The van der Waals surface area contributed by atoms with Gasteiger partial charge in [0.2, 0.25) is 0 Å². The Morgan fingerprint density at radius 3 is 2.17 bits per heavy atom. The molecule has 1 N–H and O–H groups in total. The van der Waals surface area contributed by atoms with Gasteiger partial charge in [-0.1, -0.05) is 53.4 Å². The highest BCUT2D eigenvalue weighted by Crippen LogP contribution is 2.30. The largest absolute Gasteiger partial charge is 0.481 e. The molecule has 1 aliphatic carbocycles. The number of aromatic nitrogens is 2. The molecule has 0 aromatic carbocycles. The van der Waals surface area contributed by atoms with Crippen LogP contribution in [0.15, 0.2) is 0 Å².